The maximum Gasteiger partial charge on any atom is 0.159 e. The van der Waals surface area contributed by atoms with E-state index in [0.29, 0.717) is 12.3 Å². The number of carbonyl (C=O) groups excluding carboxylic acids is 1. The van der Waals surface area contributed by atoms with E-state index >= 15 is 0 Å². The lowest BCUT2D eigenvalue weighted by Crippen LogP contribution is -2.47. The molecule has 1 unspecified atom stereocenters. The molecule has 1 fully saturated rings. The van der Waals surface area contributed by atoms with Crippen LogP contribution in [0.1, 0.15) is 35.3 Å². The van der Waals surface area contributed by atoms with Crippen molar-refractivity contribution in [3.8, 4) is 0 Å². The van der Waals surface area contributed by atoms with E-state index in [4.69, 9.17) is 5.73 Å². The number of hydrogen-bond donors (Lipinski definition) is 1. The van der Waals surface area contributed by atoms with Crippen molar-refractivity contribution < 1.29 is 4.79 Å². The summed E-state index contributed by atoms with van der Waals surface area (Å²) < 4.78 is 0. The van der Waals surface area contributed by atoms with Crippen LogP contribution in [-0.2, 0) is 11.2 Å². The Labute approximate surface area is 100 Å². The molecular weight excluding hydrogens is 220 g/mol. The Kier molecular flexibility index (Phi) is 2.88. The van der Waals surface area contributed by atoms with E-state index in [1.54, 1.807) is 11.3 Å². The normalized spacial score (nSPS) is 19.5. The molecule has 1 heterocycles. The average molecular weight is 238 g/mol. The number of aryl methyl sites for hydroxylation is 2. The van der Waals surface area contributed by atoms with Gasteiger partial charge >= 0.3 is 0 Å². The second kappa shape index (κ2) is 3.93. The van der Waals surface area contributed by atoms with Gasteiger partial charge in [-0.05, 0) is 39.5 Å². The standard InChI is InChI=1S/C12H18N2OS/c1-7-8(2)16-11(14-7)6-10(15)12(3,13)9-4-5-9/h9H,4-6,13H2,1-3H3. The van der Waals surface area contributed by atoms with Crippen LogP contribution in [0.4, 0.5) is 0 Å². The summed E-state index contributed by atoms with van der Waals surface area (Å²) in [6.45, 7) is 5.87. The third-order valence-corrected chi connectivity index (χ3v) is 4.48. The van der Waals surface area contributed by atoms with Gasteiger partial charge in [0.1, 0.15) is 5.01 Å². The third kappa shape index (κ3) is 2.18. The van der Waals surface area contributed by atoms with E-state index in [1.807, 2.05) is 20.8 Å². The van der Waals surface area contributed by atoms with E-state index in [1.165, 1.54) is 4.88 Å². The van der Waals surface area contributed by atoms with Crippen LogP contribution in [0.3, 0.4) is 0 Å². The monoisotopic (exact) mass is 238 g/mol. The van der Waals surface area contributed by atoms with Gasteiger partial charge in [0.2, 0.25) is 0 Å². The zero-order valence-corrected chi connectivity index (χ0v) is 10.9. The van der Waals surface area contributed by atoms with Crippen molar-refractivity contribution in [1.82, 2.24) is 4.98 Å². The number of rotatable bonds is 4. The number of aromatic nitrogens is 1. The number of Topliss-reactive ketones (excluding diaryl/α,β-unsaturated/α-hetero) is 1. The van der Waals surface area contributed by atoms with Crippen LogP contribution in [0.25, 0.3) is 0 Å². The van der Waals surface area contributed by atoms with Crippen molar-refractivity contribution in [3.05, 3.63) is 15.6 Å². The highest BCUT2D eigenvalue weighted by Crippen LogP contribution is 2.39. The molecular formula is C12H18N2OS. The van der Waals surface area contributed by atoms with Crippen LogP contribution in [0.2, 0.25) is 0 Å². The highest BCUT2D eigenvalue weighted by atomic mass is 32.1. The van der Waals surface area contributed by atoms with Gasteiger partial charge in [-0.1, -0.05) is 0 Å². The zero-order valence-electron chi connectivity index (χ0n) is 10.0. The average Bonchev–Trinajstić information content (AvgIpc) is 2.96. The largest absolute Gasteiger partial charge is 0.319 e. The number of nitrogens with zero attached hydrogens (tertiary/aromatic N) is 1. The summed E-state index contributed by atoms with van der Waals surface area (Å²) in [6, 6.07) is 0. The van der Waals surface area contributed by atoms with Gasteiger partial charge in [0.25, 0.3) is 0 Å². The maximum atomic E-state index is 12.1. The molecule has 1 aromatic heterocycles. The van der Waals surface area contributed by atoms with Gasteiger partial charge in [0, 0.05) is 4.88 Å². The number of carbonyl (C=O) groups is 1. The summed E-state index contributed by atoms with van der Waals surface area (Å²) in [5, 5.41) is 0.900. The molecule has 88 valence electrons. The Balaban J connectivity index is 2.07. The molecule has 2 N–H and O–H groups in total. The Morgan fingerprint density at radius 1 is 1.56 bits per heavy atom. The molecule has 16 heavy (non-hydrogen) atoms. The van der Waals surface area contributed by atoms with Crippen LogP contribution >= 0.6 is 11.3 Å². The fourth-order valence-electron chi connectivity index (χ4n) is 1.85. The molecule has 0 radical (unpaired) electrons. The quantitative estimate of drug-likeness (QED) is 0.873. The van der Waals surface area contributed by atoms with Crippen LogP contribution in [0.15, 0.2) is 0 Å². The molecule has 1 aliphatic rings. The first kappa shape index (κ1) is 11.7. The zero-order chi connectivity index (χ0) is 11.9. The van der Waals surface area contributed by atoms with Crippen LogP contribution in [0.5, 0.6) is 0 Å². The predicted octanol–water partition coefficient (Wildman–Crippen LogP) is 2.00. The van der Waals surface area contributed by atoms with Gasteiger partial charge in [-0.2, -0.15) is 0 Å². The highest BCUT2D eigenvalue weighted by Gasteiger charge is 2.43. The van der Waals surface area contributed by atoms with E-state index in [0.717, 1.165) is 23.5 Å². The Morgan fingerprint density at radius 3 is 2.62 bits per heavy atom. The molecule has 3 nitrogen and oxygen atoms in total. The fourth-order valence-corrected chi connectivity index (χ4v) is 2.79. The van der Waals surface area contributed by atoms with Crippen molar-refractivity contribution in [1.29, 1.82) is 0 Å². The molecule has 4 heteroatoms. The lowest BCUT2D eigenvalue weighted by Gasteiger charge is -2.21. The summed E-state index contributed by atoms with van der Waals surface area (Å²) in [7, 11) is 0. The first-order valence-electron chi connectivity index (χ1n) is 5.66. The summed E-state index contributed by atoms with van der Waals surface area (Å²) in [5.74, 6) is 0.519. The van der Waals surface area contributed by atoms with Gasteiger partial charge < -0.3 is 5.73 Å². The molecule has 0 bridgehead atoms. The number of hydrogen-bond acceptors (Lipinski definition) is 4. The molecule has 0 amide bonds. The molecule has 0 spiro atoms. The first-order valence-corrected chi connectivity index (χ1v) is 6.48. The predicted molar refractivity (Wildman–Crippen MR) is 65.6 cm³/mol. The van der Waals surface area contributed by atoms with Crippen molar-refractivity contribution in [2.45, 2.75) is 45.6 Å². The minimum atomic E-state index is -0.645. The Morgan fingerprint density at radius 2 is 2.19 bits per heavy atom. The van der Waals surface area contributed by atoms with E-state index < -0.39 is 5.54 Å². The van der Waals surface area contributed by atoms with Crippen molar-refractivity contribution >= 4 is 17.1 Å². The summed E-state index contributed by atoms with van der Waals surface area (Å²) in [4.78, 5) is 17.7. The van der Waals surface area contributed by atoms with Crippen LogP contribution in [0, 0.1) is 19.8 Å². The molecule has 1 saturated carbocycles. The van der Waals surface area contributed by atoms with Gasteiger partial charge in [0.15, 0.2) is 5.78 Å². The highest BCUT2D eigenvalue weighted by molar-refractivity contribution is 7.11. The lowest BCUT2D eigenvalue weighted by molar-refractivity contribution is -0.123. The first-order chi connectivity index (χ1) is 7.41. The summed E-state index contributed by atoms with van der Waals surface area (Å²) in [5.41, 5.74) is 6.47. The van der Waals surface area contributed by atoms with Crippen molar-refractivity contribution in [2.75, 3.05) is 0 Å². The molecule has 1 aliphatic carbocycles. The van der Waals surface area contributed by atoms with E-state index in [2.05, 4.69) is 4.98 Å². The van der Waals surface area contributed by atoms with E-state index in [9.17, 15) is 4.79 Å². The Hall–Kier alpha value is -0.740. The fraction of sp³-hybridized carbons (Fsp3) is 0.667. The molecule has 0 aromatic carbocycles. The number of ketones is 1. The molecule has 0 aliphatic heterocycles. The number of nitrogens with two attached hydrogens (primary N) is 1. The summed E-state index contributed by atoms with van der Waals surface area (Å²) in [6.07, 6.45) is 2.58. The van der Waals surface area contributed by atoms with Gasteiger partial charge in [0.05, 0.1) is 17.7 Å². The molecule has 1 aromatic rings. The SMILES string of the molecule is Cc1nc(CC(=O)C(C)(N)C2CC2)sc1C. The minimum absolute atomic E-state index is 0.128. The molecule has 2 rings (SSSR count). The number of thiazole rings is 1. The molecule has 1 atom stereocenters. The van der Waals surface area contributed by atoms with Crippen molar-refractivity contribution in [2.24, 2.45) is 11.7 Å². The van der Waals surface area contributed by atoms with Gasteiger partial charge in [-0.15, -0.1) is 11.3 Å². The summed E-state index contributed by atoms with van der Waals surface area (Å²) >= 11 is 1.60. The van der Waals surface area contributed by atoms with Crippen molar-refractivity contribution in [3.63, 3.8) is 0 Å². The minimum Gasteiger partial charge on any atom is -0.319 e. The maximum absolute atomic E-state index is 12.1. The van der Waals surface area contributed by atoms with E-state index in [-0.39, 0.29) is 5.78 Å². The topological polar surface area (TPSA) is 56.0 Å². The molecule has 0 saturated heterocycles. The third-order valence-electron chi connectivity index (χ3n) is 3.41. The lowest BCUT2D eigenvalue weighted by atomic mass is 9.90. The van der Waals surface area contributed by atoms with Crippen LogP contribution < -0.4 is 5.73 Å². The van der Waals surface area contributed by atoms with Crippen LogP contribution in [-0.4, -0.2) is 16.3 Å². The van der Waals surface area contributed by atoms with Gasteiger partial charge in [-0.3, -0.25) is 4.79 Å². The second-order valence-electron chi connectivity index (χ2n) is 4.91. The Bertz CT molecular complexity index is 399. The van der Waals surface area contributed by atoms with Gasteiger partial charge in [-0.25, -0.2) is 4.98 Å². The second-order valence-corrected chi connectivity index (χ2v) is 6.19. The smallest absolute Gasteiger partial charge is 0.159 e.